The lowest BCUT2D eigenvalue weighted by Crippen LogP contribution is -2.65. The number of hydrogen-bond acceptors (Lipinski definition) is 4. The molecule has 7 nitrogen and oxygen atoms in total. The van der Waals surface area contributed by atoms with Gasteiger partial charge in [-0.2, -0.15) is 0 Å². The van der Waals surface area contributed by atoms with Crippen LogP contribution in [0.1, 0.15) is 46.4 Å². The van der Waals surface area contributed by atoms with Crippen LogP contribution in [0.3, 0.4) is 0 Å². The average Bonchev–Trinajstić information content (AvgIpc) is 2.81. The Labute approximate surface area is 198 Å². The molecule has 0 aromatic heterocycles. The summed E-state index contributed by atoms with van der Waals surface area (Å²) in [6.45, 7) is 4.37. The summed E-state index contributed by atoms with van der Waals surface area (Å²) >= 11 is 0. The number of phenolic OH excluding ortho intramolecular Hbond substituents is 1. The quantitative estimate of drug-likeness (QED) is 0.528. The summed E-state index contributed by atoms with van der Waals surface area (Å²) in [4.78, 5) is 27.4. The molecular formula is C27H27N3O4. The van der Waals surface area contributed by atoms with Crippen LogP contribution in [0.5, 0.6) is 11.5 Å². The molecule has 7 heteroatoms. The number of nitrogens with one attached hydrogen (secondary N) is 2. The lowest BCUT2D eigenvalue weighted by molar-refractivity contribution is 0.0349. The summed E-state index contributed by atoms with van der Waals surface area (Å²) in [6, 6.07) is 19.7. The standard InChI is InChI=1S/C27H27N3O4/c1-17-9-11-18(12-10-17)13-14-28-25(32)19-5-3-6-20(15-19)30-26(33)29-22-16-27(30,2)34-24-21(22)7-4-8-23(24)31/h3-12,15,22,31H,13-14,16H2,1-2H3,(H,28,32)(H,29,33)/t22?,27-/m1/s1. The molecule has 5 rings (SSSR count). The number of benzene rings is 3. The largest absolute Gasteiger partial charge is 0.504 e. The van der Waals surface area contributed by atoms with Gasteiger partial charge in [-0.25, -0.2) is 4.79 Å². The van der Waals surface area contributed by atoms with Gasteiger partial charge in [0.2, 0.25) is 0 Å². The van der Waals surface area contributed by atoms with E-state index < -0.39 is 5.72 Å². The number of phenols is 1. The normalized spacial score (nSPS) is 20.7. The molecule has 1 fully saturated rings. The summed E-state index contributed by atoms with van der Waals surface area (Å²) in [5, 5.41) is 16.3. The van der Waals surface area contributed by atoms with E-state index in [2.05, 4.69) is 34.9 Å². The Bertz CT molecular complexity index is 1260. The van der Waals surface area contributed by atoms with Crippen LogP contribution in [0.15, 0.2) is 66.7 Å². The summed E-state index contributed by atoms with van der Waals surface area (Å²) < 4.78 is 6.20. The Morgan fingerprint density at radius 3 is 2.74 bits per heavy atom. The summed E-state index contributed by atoms with van der Waals surface area (Å²) in [6.07, 6.45) is 1.23. The number of carbonyl (C=O) groups is 2. The van der Waals surface area contributed by atoms with Crippen molar-refractivity contribution in [2.45, 2.75) is 38.5 Å². The maximum absolute atomic E-state index is 13.1. The zero-order valence-corrected chi connectivity index (χ0v) is 19.2. The van der Waals surface area contributed by atoms with Gasteiger partial charge >= 0.3 is 6.03 Å². The fraction of sp³-hybridized carbons (Fsp3) is 0.259. The molecule has 0 radical (unpaired) electrons. The van der Waals surface area contributed by atoms with Crippen molar-refractivity contribution in [2.24, 2.45) is 0 Å². The van der Waals surface area contributed by atoms with Gasteiger partial charge in [-0.3, -0.25) is 9.69 Å². The molecule has 3 amide bonds. The lowest BCUT2D eigenvalue weighted by atomic mass is 9.90. The summed E-state index contributed by atoms with van der Waals surface area (Å²) in [7, 11) is 0. The number of hydrogen-bond donors (Lipinski definition) is 3. The van der Waals surface area contributed by atoms with E-state index in [1.165, 1.54) is 10.5 Å². The Morgan fingerprint density at radius 2 is 1.94 bits per heavy atom. The van der Waals surface area contributed by atoms with Gasteiger partial charge in [0.25, 0.3) is 5.91 Å². The summed E-state index contributed by atoms with van der Waals surface area (Å²) in [5.74, 6) is 0.199. The second kappa shape index (κ2) is 8.41. The number of para-hydroxylation sites is 1. The van der Waals surface area contributed by atoms with Crippen molar-refractivity contribution < 1.29 is 19.4 Å². The molecular weight excluding hydrogens is 430 g/mol. The zero-order valence-electron chi connectivity index (χ0n) is 19.2. The van der Waals surface area contributed by atoms with Crippen molar-refractivity contribution in [3.8, 4) is 11.5 Å². The van der Waals surface area contributed by atoms with Gasteiger partial charge in [-0.15, -0.1) is 0 Å². The van der Waals surface area contributed by atoms with E-state index in [-0.39, 0.29) is 23.7 Å². The minimum absolute atomic E-state index is 0.0335. The summed E-state index contributed by atoms with van der Waals surface area (Å²) in [5.41, 5.74) is 3.10. The highest BCUT2D eigenvalue weighted by molar-refractivity contribution is 5.99. The van der Waals surface area contributed by atoms with Gasteiger partial charge in [0.1, 0.15) is 0 Å². The van der Waals surface area contributed by atoms with E-state index in [1.54, 1.807) is 36.4 Å². The van der Waals surface area contributed by atoms with Crippen LogP contribution >= 0.6 is 0 Å². The molecule has 1 saturated heterocycles. The van der Waals surface area contributed by atoms with Gasteiger partial charge in [0, 0.05) is 24.1 Å². The Balaban J connectivity index is 1.34. The third-order valence-corrected chi connectivity index (χ3v) is 6.47. The fourth-order valence-corrected chi connectivity index (χ4v) is 4.73. The van der Waals surface area contributed by atoms with Crippen LogP contribution in [0.4, 0.5) is 10.5 Å². The molecule has 0 aliphatic carbocycles. The number of aryl methyl sites for hydroxylation is 1. The van der Waals surface area contributed by atoms with Crippen molar-refractivity contribution in [1.29, 1.82) is 0 Å². The van der Waals surface area contributed by atoms with Crippen LogP contribution in [0, 0.1) is 6.92 Å². The Kier molecular flexibility index (Phi) is 5.40. The number of fused-ring (bicyclic) bond motifs is 4. The number of anilines is 1. The predicted octanol–water partition coefficient (Wildman–Crippen LogP) is 4.44. The van der Waals surface area contributed by atoms with Crippen molar-refractivity contribution in [3.05, 3.63) is 89.0 Å². The molecule has 2 heterocycles. The Hall–Kier alpha value is -4.00. The van der Waals surface area contributed by atoms with Crippen molar-refractivity contribution >= 4 is 17.6 Å². The molecule has 0 saturated carbocycles. The number of carbonyl (C=O) groups excluding carboxylic acids is 2. The topological polar surface area (TPSA) is 90.9 Å². The molecule has 3 aromatic rings. The first kappa shape index (κ1) is 21.8. The van der Waals surface area contributed by atoms with Gasteiger partial charge < -0.3 is 20.5 Å². The molecule has 174 valence electrons. The fourth-order valence-electron chi connectivity index (χ4n) is 4.73. The third kappa shape index (κ3) is 3.94. The third-order valence-electron chi connectivity index (χ3n) is 6.47. The number of ether oxygens (including phenoxy) is 1. The Morgan fingerprint density at radius 1 is 1.18 bits per heavy atom. The molecule has 2 aliphatic heterocycles. The van der Waals surface area contributed by atoms with Crippen LogP contribution in [-0.2, 0) is 6.42 Å². The highest BCUT2D eigenvalue weighted by Gasteiger charge is 2.50. The molecule has 2 aliphatic rings. The second-order valence-electron chi connectivity index (χ2n) is 9.06. The number of urea groups is 1. The highest BCUT2D eigenvalue weighted by atomic mass is 16.5. The smallest absolute Gasteiger partial charge is 0.325 e. The van der Waals surface area contributed by atoms with Crippen LogP contribution in [-0.4, -0.2) is 29.3 Å². The first-order valence-electron chi connectivity index (χ1n) is 11.4. The first-order chi connectivity index (χ1) is 16.3. The van der Waals surface area contributed by atoms with Crippen LogP contribution in [0.2, 0.25) is 0 Å². The van der Waals surface area contributed by atoms with E-state index in [0.717, 1.165) is 17.5 Å². The SMILES string of the molecule is Cc1ccc(CCNC(=O)c2cccc(N3C(=O)NC4C[C@@]3(C)Oc3c(O)cccc34)c2)cc1. The average molecular weight is 458 g/mol. The maximum Gasteiger partial charge on any atom is 0.325 e. The highest BCUT2D eigenvalue weighted by Crippen LogP contribution is 2.48. The van der Waals surface area contributed by atoms with Crippen molar-refractivity contribution in [3.63, 3.8) is 0 Å². The second-order valence-corrected chi connectivity index (χ2v) is 9.06. The molecule has 1 unspecified atom stereocenters. The molecule has 34 heavy (non-hydrogen) atoms. The van der Waals surface area contributed by atoms with Gasteiger partial charge in [-0.05, 0) is 50.1 Å². The van der Waals surface area contributed by atoms with Crippen molar-refractivity contribution in [1.82, 2.24) is 10.6 Å². The van der Waals surface area contributed by atoms with E-state index in [0.29, 0.717) is 30.0 Å². The first-order valence-corrected chi connectivity index (χ1v) is 11.4. The molecule has 0 spiro atoms. The number of nitrogens with zero attached hydrogens (tertiary/aromatic N) is 1. The monoisotopic (exact) mass is 457 g/mol. The molecule has 2 bridgehead atoms. The van der Waals surface area contributed by atoms with Crippen molar-refractivity contribution in [2.75, 3.05) is 11.4 Å². The lowest BCUT2D eigenvalue weighted by Gasteiger charge is -2.50. The molecule has 3 N–H and O–H groups in total. The van der Waals surface area contributed by atoms with Gasteiger partial charge in [0.15, 0.2) is 17.2 Å². The number of amides is 3. The number of aromatic hydroxyl groups is 1. The van der Waals surface area contributed by atoms with Gasteiger partial charge in [0.05, 0.1) is 11.7 Å². The zero-order chi connectivity index (χ0) is 23.9. The van der Waals surface area contributed by atoms with Crippen LogP contribution < -0.4 is 20.3 Å². The number of rotatable bonds is 5. The van der Waals surface area contributed by atoms with Gasteiger partial charge in [-0.1, -0.05) is 48.0 Å². The molecule has 2 atom stereocenters. The minimum Gasteiger partial charge on any atom is -0.504 e. The van der Waals surface area contributed by atoms with E-state index in [9.17, 15) is 14.7 Å². The minimum atomic E-state index is -1.01. The van der Waals surface area contributed by atoms with Crippen LogP contribution in [0.25, 0.3) is 0 Å². The maximum atomic E-state index is 13.1. The van der Waals surface area contributed by atoms with E-state index in [4.69, 9.17) is 4.74 Å². The predicted molar refractivity (Wildman–Crippen MR) is 129 cm³/mol. The van der Waals surface area contributed by atoms with E-state index in [1.807, 2.05) is 19.9 Å². The molecule has 3 aromatic carbocycles. The van der Waals surface area contributed by atoms with E-state index >= 15 is 0 Å².